The third-order valence-corrected chi connectivity index (χ3v) is 11.3. The quantitative estimate of drug-likeness (QED) is 0.0693. The normalized spacial score (nSPS) is 12.4. The number of nitrogens with zero attached hydrogens (tertiary/aromatic N) is 2. The maximum absolute atomic E-state index is 5.19. The van der Waals surface area contributed by atoms with Crippen LogP contribution >= 0.6 is 15.8 Å². The monoisotopic (exact) mass is 608 g/mol. The smallest absolute Gasteiger partial charge is 0.129 e. The van der Waals surface area contributed by atoms with Gasteiger partial charge in [0.2, 0.25) is 0 Å². The summed E-state index contributed by atoms with van der Waals surface area (Å²) in [4.78, 5) is 10.4. The van der Waals surface area contributed by atoms with Crippen LogP contribution in [-0.4, -0.2) is 36.3 Å². The summed E-state index contributed by atoms with van der Waals surface area (Å²) in [6, 6.07) is 43.9. The van der Waals surface area contributed by atoms with Crippen LogP contribution < -0.4 is 31.9 Å². The van der Waals surface area contributed by atoms with Gasteiger partial charge in [-0.3, -0.25) is 9.98 Å². The Morgan fingerprint density at radius 3 is 1.00 bits per heavy atom. The van der Waals surface area contributed by atoms with Gasteiger partial charge in [0, 0.05) is 41.0 Å². The Balaban J connectivity index is 1.44. The van der Waals surface area contributed by atoms with Crippen LogP contribution in [0, 0.1) is 0 Å². The van der Waals surface area contributed by atoms with Crippen LogP contribution in [0.1, 0.15) is 47.0 Å². The van der Waals surface area contributed by atoms with Crippen molar-refractivity contribution in [3.63, 3.8) is 0 Å². The molecule has 0 saturated carbocycles. The number of benzene rings is 4. The number of aliphatic imine (C=N–C) groups is 2. The minimum atomic E-state index is -0.733. The van der Waals surface area contributed by atoms with Crippen LogP contribution in [0.4, 0.5) is 0 Å². The number of nitrogens with one attached hydrogen (secondary N) is 2. The zero-order chi connectivity index (χ0) is 30.3. The number of hydrogen-bond donors (Lipinski definition) is 2. The van der Waals surface area contributed by atoms with Crippen molar-refractivity contribution in [1.29, 1.82) is 0 Å². The molecule has 4 nitrogen and oxygen atoms in total. The van der Waals surface area contributed by atoms with Gasteiger partial charge in [-0.15, -0.1) is 0 Å². The molecule has 4 rings (SSSR count). The molecule has 4 aromatic rings. The first-order valence-electron chi connectivity index (χ1n) is 15.5. The van der Waals surface area contributed by atoms with Crippen LogP contribution in [0.3, 0.4) is 0 Å². The molecule has 0 radical (unpaired) electrons. The lowest BCUT2D eigenvalue weighted by molar-refractivity contribution is 0.685. The second-order valence-corrected chi connectivity index (χ2v) is 15.3. The molecule has 2 N–H and O–H groups in total. The minimum absolute atomic E-state index is 0.321. The fraction of sp³-hybridized carbons (Fsp3) is 0.297. The maximum atomic E-state index is 5.19. The first-order chi connectivity index (χ1) is 21.0. The van der Waals surface area contributed by atoms with E-state index in [2.05, 4.69) is 160 Å². The Bertz CT molecular complexity index is 1200. The molecule has 0 aliphatic carbocycles. The topological polar surface area (TPSA) is 48.8 Å². The zero-order valence-electron chi connectivity index (χ0n) is 26.0. The number of rotatable bonds is 14. The van der Waals surface area contributed by atoms with Gasteiger partial charge in [-0.25, -0.2) is 0 Å². The van der Waals surface area contributed by atoms with Gasteiger partial charge in [0.25, 0.3) is 0 Å². The van der Waals surface area contributed by atoms with Crippen molar-refractivity contribution in [1.82, 2.24) is 10.6 Å². The molecule has 224 valence electrons. The van der Waals surface area contributed by atoms with E-state index in [1.54, 1.807) is 0 Å². The summed E-state index contributed by atoms with van der Waals surface area (Å²) in [5.41, 5.74) is 2.22. The highest BCUT2D eigenvalue weighted by molar-refractivity contribution is 7.88. The molecule has 0 heterocycles. The van der Waals surface area contributed by atoms with E-state index in [-0.39, 0.29) is 0 Å². The molecule has 43 heavy (non-hydrogen) atoms. The van der Waals surface area contributed by atoms with Crippen molar-refractivity contribution in [3.05, 3.63) is 121 Å². The van der Waals surface area contributed by atoms with Gasteiger partial charge < -0.3 is 10.6 Å². The SMILES string of the molecule is CC(C)NC(=NCCCCCN=C(NC(C)C)P(c1ccccc1)c1ccccc1)P(c1ccccc1)c1ccccc1. The van der Waals surface area contributed by atoms with E-state index in [0.717, 1.165) is 43.5 Å². The van der Waals surface area contributed by atoms with Gasteiger partial charge in [-0.2, -0.15) is 0 Å². The molecule has 0 aliphatic rings. The predicted molar refractivity (Wildman–Crippen MR) is 193 cm³/mol. The molecule has 0 spiro atoms. The van der Waals surface area contributed by atoms with E-state index in [1.807, 2.05) is 0 Å². The van der Waals surface area contributed by atoms with Gasteiger partial charge in [0.1, 0.15) is 11.2 Å². The molecule has 0 bridgehead atoms. The molecule has 6 heteroatoms. The van der Waals surface area contributed by atoms with Crippen LogP contribution in [-0.2, 0) is 0 Å². The van der Waals surface area contributed by atoms with Gasteiger partial charge in [0.05, 0.1) is 0 Å². The largest absolute Gasteiger partial charge is 0.367 e. The fourth-order valence-electron chi connectivity index (χ4n) is 4.74. The van der Waals surface area contributed by atoms with E-state index in [4.69, 9.17) is 9.98 Å². The highest BCUT2D eigenvalue weighted by Gasteiger charge is 2.22. The Kier molecular flexibility index (Phi) is 13.4. The first-order valence-corrected chi connectivity index (χ1v) is 18.1. The first kappa shape index (κ1) is 32.6. The van der Waals surface area contributed by atoms with Crippen molar-refractivity contribution in [3.8, 4) is 0 Å². The summed E-state index contributed by atoms with van der Waals surface area (Å²) < 4.78 is 0. The summed E-state index contributed by atoms with van der Waals surface area (Å²) in [6.45, 7) is 10.4. The number of amidine groups is 2. The standard InChI is InChI=1S/C37H46N4P2/c1-30(2)40-36(42(32-20-10-5-11-21-32)33-22-12-6-13-23-33)38-28-18-9-19-29-39-37(41-31(3)4)43(34-24-14-7-15-25-34)35-26-16-8-17-27-35/h5-8,10-17,20-27,30-31H,9,18-19,28-29H2,1-4H3,(H,38,40)(H,39,41). The van der Waals surface area contributed by atoms with Gasteiger partial charge in [0.15, 0.2) is 0 Å². The second kappa shape index (κ2) is 17.7. The highest BCUT2D eigenvalue weighted by atomic mass is 31.1. The summed E-state index contributed by atoms with van der Waals surface area (Å²) in [5, 5.41) is 12.7. The summed E-state index contributed by atoms with van der Waals surface area (Å²) in [5.74, 6) is 0. The zero-order valence-corrected chi connectivity index (χ0v) is 27.8. The number of hydrogen-bond acceptors (Lipinski definition) is 2. The van der Waals surface area contributed by atoms with Gasteiger partial charge in [-0.1, -0.05) is 121 Å². The lowest BCUT2D eigenvalue weighted by Crippen LogP contribution is -2.34. The van der Waals surface area contributed by atoms with Crippen molar-refractivity contribution in [2.45, 2.75) is 59.0 Å². The minimum Gasteiger partial charge on any atom is -0.367 e. The van der Waals surface area contributed by atoms with E-state index < -0.39 is 15.8 Å². The second-order valence-electron chi connectivity index (χ2n) is 11.1. The fourth-order valence-corrected chi connectivity index (χ4v) is 9.46. The van der Waals surface area contributed by atoms with E-state index >= 15 is 0 Å². The molecule has 0 aliphatic heterocycles. The van der Waals surface area contributed by atoms with Crippen LogP contribution in [0.2, 0.25) is 0 Å². The average Bonchev–Trinajstić information content (AvgIpc) is 3.02. The Morgan fingerprint density at radius 1 is 0.465 bits per heavy atom. The highest BCUT2D eigenvalue weighted by Crippen LogP contribution is 2.36. The third kappa shape index (κ3) is 10.4. The summed E-state index contributed by atoms with van der Waals surface area (Å²) in [7, 11) is -1.47. The molecule has 0 unspecified atom stereocenters. The molecule has 0 fully saturated rings. The molecule has 0 atom stereocenters. The number of unbranched alkanes of at least 4 members (excludes halogenated alkanes) is 2. The lowest BCUT2D eigenvalue weighted by atomic mass is 10.2. The molecule has 0 saturated heterocycles. The van der Waals surface area contributed by atoms with Crippen molar-refractivity contribution in [2.75, 3.05) is 13.1 Å². The average molecular weight is 609 g/mol. The Labute approximate surface area is 261 Å². The van der Waals surface area contributed by atoms with Crippen LogP contribution in [0.25, 0.3) is 0 Å². The van der Waals surface area contributed by atoms with Crippen LogP contribution in [0.15, 0.2) is 131 Å². The summed E-state index contributed by atoms with van der Waals surface area (Å²) in [6.07, 6.45) is 3.19. The van der Waals surface area contributed by atoms with E-state index in [1.165, 1.54) is 21.2 Å². The summed E-state index contributed by atoms with van der Waals surface area (Å²) >= 11 is 0. The maximum Gasteiger partial charge on any atom is 0.129 e. The van der Waals surface area contributed by atoms with E-state index in [0.29, 0.717) is 12.1 Å². The van der Waals surface area contributed by atoms with Crippen LogP contribution in [0.5, 0.6) is 0 Å². The Morgan fingerprint density at radius 2 is 0.744 bits per heavy atom. The third-order valence-electron chi connectivity index (χ3n) is 6.66. The van der Waals surface area contributed by atoms with Crippen molar-refractivity contribution in [2.24, 2.45) is 9.98 Å². The molecular formula is C37H46N4P2. The molecular weight excluding hydrogens is 562 g/mol. The van der Waals surface area contributed by atoms with Crippen molar-refractivity contribution >= 4 is 48.2 Å². The predicted octanol–water partition coefficient (Wildman–Crippen LogP) is 7.13. The molecule has 0 amide bonds. The van der Waals surface area contributed by atoms with E-state index in [9.17, 15) is 0 Å². The molecule has 0 aromatic heterocycles. The van der Waals surface area contributed by atoms with Crippen molar-refractivity contribution < 1.29 is 0 Å². The lowest BCUT2D eigenvalue weighted by Gasteiger charge is -2.24. The Hall–Kier alpha value is -3.32. The van der Waals surface area contributed by atoms with Gasteiger partial charge in [-0.05, 0) is 68.2 Å². The molecule has 4 aromatic carbocycles. The van der Waals surface area contributed by atoms with Gasteiger partial charge >= 0.3 is 0 Å².